The van der Waals surface area contributed by atoms with Crippen LogP contribution in [-0.2, 0) is 16.1 Å². The van der Waals surface area contributed by atoms with Gasteiger partial charge in [0.25, 0.3) is 0 Å². The molecular formula is C25H21BrF6N4O5. The van der Waals surface area contributed by atoms with Crippen molar-refractivity contribution in [1.82, 2.24) is 20.3 Å². The van der Waals surface area contributed by atoms with Gasteiger partial charge in [0.05, 0.1) is 5.52 Å². The van der Waals surface area contributed by atoms with Crippen molar-refractivity contribution in [3.05, 3.63) is 76.9 Å². The average molecular weight is 651 g/mol. The molecule has 41 heavy (non-hydrogen) atoms. The number of ether oxygens (including phenoxy) is 1. The molecule has 2 aromatic heterocycles. The number of fused-ring (bicyclic) bond motifs is 1. The number of H-pyrrole nitrogens is 1. The van der Waals surface area contributed by atoms with Gasteiger partial charge in [0.2, 0.25) is 0 Å². The fourth-order valence-electron chi connectivity index (χ4n) is 2.79. The molecule has 0 saturated heterocycles. The van der Waals surface area contributed by atoms with E-state index in [1.54, 1.807) is 6.20 Å². The van der Waals surface area contributed by atoms with E-state index < -0.39 is 24.3 Å². The van der Waals surface area contributed by atoms with E-state index in [2.05, 4.69) is 48.3 Å². The number of rotatable bonds is 7. The summed E-state index contributed by atoms with van der Waals surface area (Å²) in [5.41, 5.74) is 3.88. The molecular weight excluding hydrogens is 630 g/mol. The first-order chi connectivity index (χ1) is 19.2. The molecule has 0 saturated carbocycles. The van der Waals surface area contributed by atoms with Crippen molar-refractivity contribution >= 4 is 39.0 Å². The number of pyridine rings is 1. The third-order valence-corrected chi connectivity index (χ3v) is 5.07. The van der Waals surface area contributed by atoms with Crippen LogP contribution in [0.4, 0.5) is 26.3 Å². The standard InChI is InChI=1S/C21H19BrN4O.2C2HF3O2/c22-17-12-19-21(24-14-17)26-20(25-19)16-6-8-18(9-7-16)27-11-10-23-13-15-4-2-1-3-5-15;2*3-2(4,5)1(6)7/h1-9,12,14,23H,10-11,13H2,(H,24,25,26);2*(H,6,7). The first-order valence-corrected chi connectivity index (χ1v) is 12.1. The summed E-state index contributed by atoms with van der Waals surface area (Å²) in [7, 11) is 0. The number of imidazole rings is 1. The molecule has 0 aliphatic rings. The molecule has 16 heteroatoms. The van der Waals surface area contributed by atoms with Gasteiger partial charge in [-0.2, -0.15) is 26.3 Å². The van der Waals surface area contributed by atoms with Gasteiger partial charge in [0, 0.05) is 29.3 Å². The van der Waals surface area contributed by atoms with Crippen molar-refractivity contribution in [3.63, 3.8) is 0 Å². The summed E-state index contributed by atoms with van der Waals surface area (Å²) in [6.07, 6.45) is -8.42. The highest BCUT2D eigenvalue weighted by Gasteiger charge is 2.38. The van der Waals surface area contributed by atoms with Crippen molar-refractivity contribution in [2.45, 2.75) is 18.9 Å². The Hall–Kier alpha value is -4.18. The Morgan fingerprint density at radius 1 is 0.927 bits per heavy atom. The highest BCUT2D eigenvalue weighted by molar-refractivity contribution is 9.10. The number of aromatic nitrogens is 3. The van der Waals surface area contributed by atoms with E-state index in [9.17, 15) is 26.3 Å². The number of aromatic amines is 1. The molecule has 9 nitrogen and oxygen atoms in total. The lowest BCUT2D eigenvalue weighted by atomic mass is 10.2. The molecule has 2 aromatic carbocycles. The fraction of sp³-hybridized carbons (Fsp3) is 0.200. The van der Waals surface area contributed by atoms with Gasteiger partial charge in [-0.3, -0.25) is 0 Å². The molecule has 0 atom stereocenters. The number of carboxylic acids is 2. The maximum atomic E-state index is 10.6. The number of benzene rings is 2. The maximum absolute atomic E-state index is 10.6. The first-order valence-electron chi connectivity index (χ1n) is 11.3. The molecule has 4 rings (SSSR count). The summed E-state index contributed by atoms with van der Waals surface area (Å²) in [5, 5.41) is 17.6. The topological polar surface area (TPSA) is 137 Å². The quantitative estimate of drug-likeness (QED) is 0.145. The monoisotopic (exact) mass is 650 g/mol. The molecule has 2 heterocycles. The summed E-state index contributed by atoms with van der Waals surface area (Å²) in [5.74, 6) is -3.87. The minimum absolute atomic E-state index is 0.620. The molecule has 0 amide bonds. The first kappa shape index (κ1) is 33.0. The Balaban J connectivity index is 0.000000349. The summed E-state index contributed by atoms with van der Waals surface area (Å²) in [6, 6.07) is 20.2. The number of nitrogens with zero attached hydrogens (tertiary/aromatic N) is 2. The van der Waals surface area contributed by atoms with Gasteiger partial charge in [-0.25, -0.2) is 19.6 Å². The molecule has 4 aromatic rings. The Morgan fingerprint density at radius 3 is 2.02 bits per heavy atom. The number of halogens is 7. The summed E-state index contributed by atoms with van der Waals surface area (Å²) < 4.78 is 70.2. The molecule has 220 valence electrons. The highest BCUT2D eigenvalue weighted by atomic mass is 79.9. The van der Waals surface area contributed by atoms with Gasteiger partial charge < -0.3 is 25.3 Å². The smallest absolute Gasteiger partial charge is 0.490 e. The van der Waals surface area contributed by atoms with Gasteiger partial charge in [-0.15, -0.1) is 0 Å². The Labute approximate surface area is 236 Å². The predicted octanol–water partition coefficient (Wildman–Crippen LogP) is 5.82. The SMILES string of the molecule is Brc1cnc2nc(-c3ccc(OCCNCc4ccccc4)cc3)[nH]c2c1.O=C(O)C(F)(F)F.O=C(O)C(F)(F)F. The van der Waals surface area contributed by atoms with Crippen LogP contribution in [-0.4, -0.2) is 62.6 Å². The zero-order valence-electron chi connectivity index (χ0n) is 20.6. The van der Waals surface area contributed by atoms with Gasteiger partial charge >= 0.3 is 24.3 Å². The van der Waals surface area contributed by atoms with E-state index in [1.165, 1.54) is 5.56 Å². The Morgan fingerprint density at radius 2 is 1.49 bits per heavy atom. The number of hydrogen-bond acceptors (Lipinski definition) is 6. The second-order valence-corrected chi connectivity index (χ2v) is 8.67. The number of alkyl halides is 6. The summed E-state index contributed by atoms with van der Waals surface area (Å²) in [6.45, 7) is 2.26. The number of nitrogens with one attached hydrogen (secondary N) is 2. The zero-order chi connectivity index (χ0) is 30.6. The molecule has 0 fully saturated rings. The molecule has 0 aliphatic heterocycles. The Bertz CT molecular complexity index is 1390. The van der Waals surface area contributed by atoms with E-state index in [1.807, 2.05) is 48.5 Å². The lowest BCUT2D eigenvalue weighted by molar-refractivity contribution is -0.193. The average Bonchev–Trinajstić information content (AvgIpc) is 3.32. The second-order valence-electron chi connectivity index (χ2n) is 7.75. The molecule has 0 spiro atoms. The van der Waals surface area contributed by atoms with E-state index >= 15 is 0 Å². The Kier molecular flexibility index (Phi) is 12.1. The van der Waals surface area contributed by atoms with E-state index in [4.69, 9.17) is 24.5 Å². The lowest BCUT2D eigenvalue weighted by Crippen LogP contribution is -2.21. The van der Waals surface area contributed by atoms with Crippen molar-refractivity contribution in [2.75, 3.05) is 13.2 Å². The summed E-state index contributed by atoms with van der Waals surface area (Å²) >= 11 is 3.42. The molecule has 0 bridgehead atoms. The predicted molar refractivity (Wildman–Crippen MR) is 138 cm³/mol. The normalized spacial score (nSPS) is 11.1. The fourth-order valence-corrected chi connectivity index (χ4v) is 3.12. The van der Waals surface area contributed by atoms with E-state index in [0.29, 0.717) is 12.3 Å². The molecule has 0 radical (unpaired) electrons. The maximum Gasteiger partial charge on any atom is 0.490 e. The number of carbonyl (C=O) groups is 2. The van der Waals surface area contributed by atoms with Crippen LogP contribution in [0.3, 0.4) is 0 Å². The van der Waals surface area contributed by atoms with E-state index in [-0.39, 0.29) is 0 Å². The zero-order valence-corrected chi connectivity index (χ0v) is 22.2. The number of hydrogen-bond donors (Lipinski definition) is 4. The van der Waals surface area contributed by atoms with Crippen LogP contribution >= 0.6 is 15.9 Å². The third-order valence-electron chi connectivity index (χ3n) is 4.64. The van der Waals surface area contributed by atoms with Gasteiger partial charge in [-0.05, 0) is 51.8 Å². The van der Waals surface area contributed by atoms with Gasteiger partial charge in [0.1, 0.15) is 18.2 Å². The van der Waals surface area contributed by atoms with Crippen molar-refractivity contribution in [2.24, 2.45) is 0 Å². The largest absolute Gasteiger partial charge is 0.492 e. The second kappa shape index (κ2) is 15.0. The minimum Gasteiger partial charge on any atom is -0.492 e. The van der Waals surface area contributed by atoms with Gasteiger partial charge in [0.15, 0.2) is 5.65 Å². The van der Waals surface area contributed by atoms with Crippen LogP contribution in [0.15, 0.2) is 71.3 Å². The molecule has 4 N–H and O–H groups in total. The van der Waals surface area contributed by atoms with Crippen LogP contribution in [0, 0.1) is 0 Å². The van der Waals surface area contributed by atoms with Crippen molar-refractivity contribution in [3.8, 4) is 17.1 Å². The molecule has 0 aliphatic carbocycles. The van der Waals surface area contributed by atoms with Crippen molar-refractivity contribution in [1.29, 1.82) is 0 Å². The van der Waals surface area contributed by atoms with Crippen molar-refractivity contribution < 1.29 is 50.9 Å². The van der Waals surface area contributed by atoms with E-state index in [0.717, 1.165) is 40.2 Å². The minimum atomic E-state index is -5.08. The highest BCUT2D eigenvalue weighted by Crippen LogP contribution is 2.23. The van der Waals surface area contributed by atoms with Crippen LogP contribution < -0.4 is 10.1 Å². The lowest BCUT2D eigenvalue weighted by Gasteiger charge is -2.08. The number of carboxylic acid groups (broad SMARTS) is 2. The van der Waals surface area contributed by atoms with Crippen LogP contribution in [0.2, 0.25) is 0 Å². The van der Waals surface area contributed by atoms with Crippen LogP contribution in [0.5, 0.6) is 5.75 Å². The van der Waals surface area contributed by atoms with Crippen LogP contribution in [0.1, 0.15) is 5.56 Å². The summed E-state index contributed by atoms with van der Waals surface area (Å²) in [4.78, 5) is 29.9. The number of aliphatic carboxylic acids is 2. The molecule has 0 unspecified atom stereocenters. The third kappa shape index (κ3) is 11.8. The van der Waals surface area contributed by atoms with Gasteiger partial charge in [-0.1, -0.05) is 30.3 Å². The van der Waals surface area contributed by atoms with Crippen LogP contribution in [0.25, 0.3) is 22.6 Å².